The Kier molecular flexibility index (Phi) is 3.76. The van der Waals surface area contributed by atoms with Gasteiger partial charge >= 0.3 is 0 Å². The van der Waals surface area contributed by atoms with Crippen LogP contribution in [0.15, 0.2) is 12.1 Å². The van der Waals surface area contributed by atoms with Gasteiger partial charge in [-0.2, -0.15) is 0 Å². The maximum Gasteiger partial charge on any atom is 0.270 e. The number of aliphatic hydroxyl groups excluding tert-OH is 1. The number of likely N-dealkylation sites (N-methyl/N-ethyl adjacent to an activating group) is 1. The molecule has 1 saturated carbocycles. The maximum absolute atomic E-state index is 12.4. The molecular formula is C14H22N2O2. The molecule has 0 radical (unpaired) electrons. The van der Waals surface area contributed by atoms with Crippen LogP contribution in [-0.4, -0.2) is 39.7 Å². The van der Waals surface area contributed by atoms with Crippen LogP contribution in [0.5, 0.6) is 0 Å². The van der Waals surface area contributed by atoms with Gasteiger partial charge in [-0.05, 0) is 31.9 Å². The van der Waals surface area contributed by atoms with Crippen molar-refractivity contribution in [3.8, 4) is 0 Å². The molecule has 2 rings (SSSR count). The third kappa shape index (κ3) is 2.29. The van der Waals surface area contributed by atoms with Crippen molar-refractivity contribution in [2.75, 3.05) is 7.05 Å². The number of aromatic nitrogens is 1. The molecule has 1 heterocycles. The summed E-state index contributed by atoms with van der Waals surface area (Å²) in [7, 11) is 3.69. The van der Waals surface area contributed by atoms with Crippen LogP contribution < -0.4 is 0 Å². The fourth-order valence-electron chi connectivity index (χ4n) is 2.70. The van der Waals surface area contributed by atoms with Gasteiger partial charge in [-0.25, -0.2) is 0 Å². The number of amides is 1. The molecule has 2 atom stereocenters. The van der Waals surface area contributed by atoms with Gasteiger partial charge in [-0.1, -0.05) is 12.8 Å². The average Bonchev–Trinajstić information content (AvgIpc) is 2.69. The number of aliphatic hydroxyl groups is 1. The topological polar surface area (TPSA) is 45.5 Å². The van der Waals surface area contributed by atoms with Crippen LogP contribution in [0.1, 0.15) is 41.9 Å². The van der Waals surface area contributed by atoms with Gasteiger partial charge in [0.1, 0.15) is 5.69 Å². The Morgan fingerprint density at radius 1 is 1.39 bits per heavy atom. The van der Waals surface area contributed by atoms with Gasteiger partial charge in [-0.3, -0.25) is 4.79 Å². The summed E-state index contributed by atoms with van der Waals surface area (Å²) in [6, 6.07) is 3.75. The number of nitrogens with zero attached hydrogens (tertiary/aromatic N) is 2. The number of hydrogen-bond donors (Lipinski definition) is 1. The van der Waals surface area contributed by atoms with Gasteiger partial charge in [0.2, 0.25) is 0 Å². The SMILES string of the molecule is Cc1ccc(C(=O)N(C)C2CCCCC2O)n1C. The van der Waals surface area contributed by atoms with Gasteiger partial charge in [0, 0.05) is 19.8 Å². The van der Waals surface area contributed by atoms with E-state index < -0.39 is 0 Å². The van der Waals surface area contributed by atoms with Crippen molar-refractivity contribution in [1.29, 1.82) is 0 Å². The minimum atomic E-state index is -0.380. The highest BCUT2D eigenvalue weighted by Gasteiger charge is 2.30. The molecule has 1 aliphatic rings. The van der Waals surface area contributed by atoms with Crippen LogP contribution >= 0.6 is 0 Å². The second-order valence-electron chi connectivity index (χ2n) is 5.25. The van der Waals surface area contributed by atoms with E-state index in [1.165, 1.54) is 0 Å². The van der Waals surface area contributed by atoms with Crippen LogP contribution in [0, 0.1) is 6.92 Å². The molecule has 0 aromatic carbocycles. The largest absolute Gasteiger partial charge is 0.391 e. The van der Waals surface area contributed by atoms with Crippen molar-refractivity contribution in [2.45, 2.75) is 44.8 Å². The van der Waals surface area contributed by atoms with Crippen LogP contribution in [0.4, 0.5) is 0 Å². The lowest BCUT2D eigenvalue weighted by Crippen LogP contribution is -2.46. The first-order valence-corrected chi connectivity index (χ1v) is 6.60. The normalized spacial score (nSPS) is 24.0. The molecule has 2 unspecified atom stereocenters. The molecule has 1 fully saturated rings. The van der Waals surface area contributed by atoms with Gasteiger partial charge in [0.25, 0.3) is 5.91 Å². The zero-order valence-corrected chi connectivity index (χ0v) is 11.4. The highest BCUT2D eigenvalue weighted by atomic mass is 16.3. The van der Waals surface area contributed by atoms with Crippen molar-refractivity contribution in [3.05, 3.63) is 23.5 Å². The van der Waals surface area contributed by atoms with Gasteiger partial charge in [0.15, 0.2) is 0 Å². The van der Waals surface area contributed by atoms with Crippen molar-refractivity contribution < 1.29 is 9.90 Å². The zero-order chi connectivity index (χ0) is 13.3. The maximum atomic E-state index is 12.4. The molecule has 0 spiro atoms. The molecule has 18 heavy (non-hydrogen) atoms. The Bertz CT molecular complexity index is 439. The molecule has 0 bridgehead atoms. The lowest BCUT2D eigenvalue weighted by atomic mass is 9.91. The van der Waals surface area contributed by atoms with Gasteiger partial charge < -0.3 is 14.6 Å². The van der Waals surface area contributed by atoms with Crippen LogP contribution in [0.2, 0.25) is 0 Å². The predicted octanol–water partition coefficient (Wildman–Crippen LogP) is 1.71. The van der Waals surface area contributed by atoms with E-state index in [4.69, 9.17) is 0 Å². The quantitative estimate of drug-likeness (QED) is 0.868. The second-order valence-corrected chi connectivity index (χ2v) is 5.25. The first-order chi connectivity index (χ1) is 8.52. The molecule has 1 N–H and O–H groups in total. The summed E-state index contributed by atoms with van der Waals surface area (Å²) in [5.74, 6) is -0.00319. The summed E-state index contributed by atoms with van der Waals surface area (Å²) in [5, 5.41) is 10.0. The molecular weight excluding hydrogens is 228 g/mol. The van der Waals surface area contributed by atoms with E-state index in [2.05, 4.69) is 0 Å². The van der Waals surface area contributed by atoms with E-state index in [9.17, 15) is 9.90 Å². The molecule has 1 amide bonds. The number of carbonyl (C=O) groups excluding carboxylic acids is 1. The Morgan fingerprint density at radius 3 is 2.61 bits per heavy atom. The Hall–Kier alpha value is -1.29. The summed E-state index contributed by atoms with van der Waals surface area (Å²) in [5.41, 5.74) is 1.75. The highest BCUT2D eigenvalue weighted by molar-refractivity contribution is 5.93. The van der Waals surface area contributed by atoms with Crippen LogP contribution in [-0.2, 0) is 7.05 Å². The molecule has 100 valence electrons. The molecule has 1 aliphatic carbocycles. The number of rotatable bonds is 2. The zero-order valence-electron chi connectivity index (χ0n) is 11.4. The second kappa shape index (κ2) is 5.14. The van der Waals surface area contributed by atoms with Crippen LogP contribution in [0.25, 0.3) is 0 Å². The Labute approximate surface area is 108 Å². The first kappa shape index (κ1) is 13.1. The molecule has 0 saturated heterocycles. The summed E-state index contributed by atoms with van der Waals surface area (Å²) in [4.78, 5) is 14.1. The average molecular weight is 250 g/mol. The summed E-state index contributed by atoms with van der Waals surface area (Å²) in [6.07, 6.45) is 3.46. The van der Waals surface area contributed by atoms with Gasteiger partial charge in [-0.15, -0.1) is 0 Å². The molecule has 0 aliphatic heterocycles. The minimum Gasteiger partial charge on any atom is -0.391 e. The van der Waals surface area contributed by atoms with E-state index in [-0.39, 0.29) is 18.1 Å². The number of carbonyl (C=O) groups is 1. The van der Waals surface area contributed by atoms with E-state index in [0.29, 0.717) is 5.69 Å². The van der Waals surface area contributed by atoms with Crippen molar-refractivity contribution in [1.82, 2.24) is 9.47 Å². The van der Waals surface area contributed by atoms with Crippen molar-refractivity contribution >= 4 is 5.91 Å². The van der Waals surface area contributed by atoms with Crippen molar-refractivity contribution in [2.24, 2.45) is 7.05 Å². The molecule has 1 aromatic rings. The van der Waals surface area contributed by atoms with Crippen LogP contribution in [0.3, 0.4) is 0 Å². The first-order valence-electron chi connectivity index (χ1n) is 6.60. The fraction of sp³-hybridized carbons (Fsp3) is 0.643. The molecule has 4 heteroatoms. The number of hydrogen-bond acceptors (Lipinski definition) is 2. The van der Waals surface area contributed by atoms with E-state index in [1.807, 2.05) is 30.7 Å². The van der Waals surface area contributed by atoms with E-state index >= 15 is 0 Å². The van der Waals surface area contributed by atoms with Gasteiger partial charge in [0.05, 0.1) is 12.1 Å². The highest BCUT2D eigenvalue weighted by Crippen LogP contribution is 2.23. The summed E-state index contributed by atoms with van der Waals surface area (Å²) < 4.78 is 1.90. The number of aryl methyl sites for hydroxylation is 1. The monoisotopic (exact) mass is 250 g/mol. The predicted molar refractivity (Wildman–Crippen MR) is 70.5 cm³/mol. The molecule has 4 nitrogen and oxygen atoms in total. The smallest absolute Gasteiger partial charge is 0.270 e. The third-order valence-electron chi connectivity index (χ3n) is 4.10. The minimum absolute atomic E-state index is 0.00319. The third-order valence-corrected chi connectivity index (χ3v) is 4.10. The lowest BCUT2D eigenvalue weighted by Gasteiger charge is -2.35. The fourth-order valence-corrected chi connectivity index (χ4v) is 2.70. The standard InChI is InChI=1S/C14H22N2O2/c1-10-8-9-12(15(10)2)14(18)16(3)11-6-4-5-7-13(11)17/h8-9,11,13,17H,4-7H2,1-3H3. The Morgan fingerprint density at radius 2 is 2.06 bits per heavy atom. The summed E-state index contributed by atoms with van der Waals surface area (Å²) >= 11 is 0. The van der Waals surface area contributed by atoms with E-state index in [1.54, 1.807) is 11.9 Å². The lowest BCUT2D eigenvalue weighted by molar-refractivity contribution is 0.0262. The molecule has 1 aromatic heterocycles. The van der Waals surface area contributed by atoms with E-state index in [0.717, 1.165) is 31.4 Å². The summed E-state index contributed by atoms with van der Waals surface area (Å²) in [6.45, 7) is 1.98. The van der Waals surface area contributed by atoms with Crippen molar-refractivity contribution in [3.63, 3.8) is 0 Å². The Balaban J connectivity index is 2.15.